The van der Waals surface area contributed by atoms with Crippen LogP contribution in [0, 0.1) is 6.92 Å². The van der Waals surface area contributed by atoms with E-state index in [1.54, 1.807) is 11.8 Å². The third kappa shape index (κ3) is 1.57. The smallest absolute Gasteiger partial charge is 0.161 e. The number of aromatic nitrogens is 2. The van der Waals surface area contributed by atoms with E-state index in [4.69, 9.17) is 0 Å². The summed E-state index contributed by atoms with van der Waals surface area (Å²) in [6.45, 7) is 3.01. The highest BCUT2D eigenvalue weighted by molar-refractivity contribution is 8.14. The van der Waals surface area contributed by atoms with Crippen molar-refractivity contribution in [1.82, 2.24) is 10.2 Å². The molecule has 16 heavy (non-hydrogen) atoms. The first-order valence-corrected chi connectivity index (χ1v) is 6.20. The molecule has 0 atom stereocenters. The Hall–Kier alpha value is -1.49. The number of H-pyrrole nitrogens is 1. The predicted octanol–water partition coefficient (Wildman–Crippen LogP) is 2.39. The number of benzene rings is 1. The summed E-state index contributed by atoms with van der Waals surface area (Å²) < 4.78 is 0. The highest BCUT2D eigenvalue weighted by atomic mass is 32.2. The van der Waals surface area contributed by atoms with Gasteiger partial charge < -0.3 is 5.32 Å². The number of thioether (sulfide) groups is 1. The maximum absolute atomic E-state index is 4.38. The Labute approximate surface area is 97.5 Å². The van der Waals surface area contributed by atoms with Gasteiger partial charge in [0.2, 0.25) is 0 Å². The number of fused-ring (bicyclic) bond motifs is 1. The van der Waals surface area contributed by atoms with Gasteiger partial charge in [-0.3, -0.25) is 10.1 Å². The molecule has 82 valence electrons. The SMILES string of the molecule is Cc1c(NC2=NCCS2)ccc2[nH]ncc12. The Bertz CT molecular complexity index is 558. The second kappa shape index (κ2) is 3.83. The highest BCUT2D eigenvalue weighted by Crippen LogP contribution is 2.25. The van der Waals surface area contributed by atoms with Crippen LogP contribution in [0.2, 0.25) is 0 Å². The van der Waals surface area contributed by atoms with Crippen LogP contribution in [-0.4, -0.2) is 27.7 Å². The summed E-state index contributed by atoms with van der Waals surface area (Å²) in [5.41, 5.74) is 3.40. The molecule has 2 heterocycles. The van der Waals surface area contributed by atoms with Crippen LogP contribution < -0.4 is 5.32 Å². The molecule has 5 heteroatoms. The van der Waals surface area contributed by atoms with Gasteiger partial charge in [-0.05, 0) is 24.6 Å². The van der Waals surface area contributed by atoms with Gasteiger partial charge in [0, 0.05) is 16.8 Å². The Morgan fingerprint density at radius 1 is 1.44 bits per heavy atom. The molecule has 0 unspecified atom stereocenters. The van der Waals surface area contributed by atoms with E-state index in [-0.39, 0.29) is 0 Å². The number of aromatic amines is 1. The van der Waals surface area contributed by atoms with Gasteiger partial charge in [0.1, 0.15) is 0 Å². The van der Waals surface area contributed by atoms with E-state index in [9.17, 15) is 0 Å². The summed E-state index contributed by atoms with van der Waals surface area (Å²) in [5.74, 6) is 1.08. The highest BCUT2D eigenvalue weighted by Gasteiger charge is 2.10. The van der Waals surface area contributed by atoms with Gasteiger partial charge in [0.05, 0.1) is 18.3 Å². The first-order chi connectivity index (χ1) is 7.84. The van der Waals surface area contributed by atoms with Gasteiger partial charge in [-0.25, -0.2) is 0 Å². The second-order valence-electron chi connectivity index (χ2n) is 3.73. The first-order valence-electron chi connectivity index (χ1n) is 5.21. The van der Waals surface area contributed by atoms with Crippen molar-refractivity contribution >= 4 is 33.5 Å². The Balaban J connectivity index is 1.99. The summed E-state index contributed by atoms with van der Waals surface area (Å²) in [4.78, 5) is 4.38. The molecule has 0 aliphatic carbocycles. The maximum atomic E-state index is 4.38. The molecule has 0 amide bonds. The van der Waals surface area contributed by atoms with E-state index < -0.39 is 0 Å². The fraction of sp³-hybridized carbons (Fsp3) is 0.273. The normalized spacial score (nSPS) is 15.4. The minimum atomic E-state index is 0.917. The van der Waals surface area contributed by atoms with Gasteiger partial charge >= 0.3 is 0 Å². The molecule has 0 radical (unpaired) electrons. The van der Waals surface area contributed by atoms with E-state index >= 15 is 0 Å². The van der Waals surface area contributed by atoms with E-state index in [1.807, 2.05) is 12.3 Å². The molecule has 2 aromatic rings. The number of aryl methyl sites for hydroxylation is 1. The van der Waals surface area contributed by atoms with Crippen LogP contribution in [0.4, 0.5) is 5.69 Å². The molecule has 1 aliphatic heterocycles. The summed E-state index contributed by atoms with van der Waals surface area (Å²) >= 11 is 1.77. The molecule has 0 fully saturated rings. The van der Waals surface area contributed by atoms with Crippen LogP contribution in [0.25, 0.3) is 10.9 Å². The Morgan fingerprint density at radius 3 is 3.19 bits per heavy atom. The fourth-order valence-electron chi connectivity index (χ4n) is 1.82. The van der Waals surface area contributed by atoms with Crippen LogP contribution in [0.15, 0.2) is 23.3 Å². The molecule has 0 saturated carbocycles. The summed E-state index contributed by atoms with van der Waals surface area (Å²) in [6, 6.07) is 4.11. The molecule has 1 aromatic carbocycles. The molecule has 3 rings (SSSR count). The molecule has 1 aromatic heterocycles. The molecular formula is C11H12N4S. The average molecular weight is 232 g/mol. The number of nitrogens with one attached hydrogen (secondary N) is 2. The fourth-order valence-corrected chi connectivity index (χ4v) is 2.56. The van der Waals surface area contributed by atoms with Crippen molar-refractivity contribution in [3.63, 3.8) is 0 Å². The zero-order chi connectivity index (χ0) is 11.0. The van der Waals surface area contributed by atoms with Gasteiger partial charge in [0.15, 0.2) is 5.17 Å². The summed E-state index contributed by atoms with van der Waals surface area (Å²) in [6.07, 6.45) is 1.86. The van der Waals surface area contributed by atoms with E-state index in [0.717, 1.165) is 34.1 Å². The number of aliphatic imine (C=N–C) groups is 1. The lowest BCUT2D eigenvalue weighted by Crippen LogP contribution is -2.06. The largest absolute Gasteiger partial charge is 0.335 e. The molecular weight excluding hydrogens is 220 g/mol. The Kier molecular flexibility index (Phi) is 2.32. The number of nitrogens with zero attached hydrogens (tertiary/aromatic N) is 2. The lowest BCUT2D eigenvalue weighted by molar-refractivity contribution is 1.12. The lowest BCUT2D eigenvalue weighted by Gasteiger charge is -2.08. The van der Waals surface area contributed by atoms with E-state index in [2.05, 4.69) is 33.5 Å². The van der Waals surface area contributed by atoms with Gasteiger partial charge in [-0.1, -0.05) is 11.8 Å². The number of hydrogen-bond donors (Lipinski definition) is 2. The third-order valence-electron chi connectivity index (χ3n) is 2.72. The van der Waals surface area contributed by atoms with Crippen LogP contribution >= 0.6 is 11.8 Å². The number of rotatable bonds is 1. The maximum Gasteiger partial charge on any atom is 0.161 e. The number of anilines is 1. The quantitative estimate of drug-likeness (QED) is 0.793. The zero-order valence-electron chi connectivity index (χ0n) is 8.95. The molecule has 0 bridgehead atoms. The van der Waals surface area contributed by atoms with Gasteiger partial charge in [-0.15, -0.1) is 0 Å². The van der Waals surface area contributed by atoms with Crippen LogP contribution in [-0.2, 0) is 0 Å². The van der Waals surface area contributed by atoms with Crippen molar-refractivity contribution in [1.29, 1.82) is 0 Å². The average Bonchev–Trinajstić information content (AvgIpc) is 2.93. The molecule has 0 saturated heterocycles. The van der Waals surface area contributed by atoms with Crippen molar-refractivity contribution < 1.29 is 0 Å². The second-order valence-corrected chi connectivity index (χ2v) is 4.81. The zero-order valence-corrected chi connectivity index (χ0v) is 9.77. The third-order valence-corrected chi connectivity index (χ3v) is 3.61. The van der Waals surface area contributed by atoms with Gasteiger partial charge in [0.25, 0.3) is 0 Å². The van der Waals surface area contributed by atoms with Crippen LogP contribution in [0.5, 0.6) is 0 Å². The minimum absolute atomic E-state index is 0.917. The predicted molar refractivity (Wildman–Crippen MR) is 69.2 cm³/mol. The van der Waals surface area contributed by atoms with Crippen molar-refractivity contribution in [2.75, 3.05) is 17.6 Å². The minimum Gasteiger partial charge on any atom is -0.335 e. The summed E-state index contributed by atoms with van der Waals surface area (Å²) in [5, 5.41) is 12.6. The molecule has 0 spiro atoms. The van der Waals surface area contributed by atoms with E-state index in [1.165, 1.54) is 5.56 Å². The Morgan fingerprint density at radius 2 is 2.38 bits per heavy atom. The van der Waals surface area contributed by atoms with Crippen molar-refractivity contribution in [2.45, 2.75) is 6.92 Å². The van der Waals surface area contributed by atoms with Crippen molar-refractivity contribution in [3.05, 3.63) is 23.9 Å². The lowest BCUT2D eigenvalue weighted by atomic mass is 10.1. The topological polar surface area (TPSA) is 53.1 Å². The van der Waals surface area contributed by atoms with Gasteiger partial charge in [-0.2, -0.15) is 5.10 Å². The standard InChI is InChI=1S/C11H12N4S/c1-7-8-6-13-15-10(8)3-2-9(7)14-11-12-4-5-16-11/h2-3,6H,4-5H2,1H3,(H,12,14)(H,13,15). The molecule has 4 nitrogen and oxygen atoms in total. The van der Waals surface area contributed by atoms with E-state index in [0.29, 0.717) is 0 Å². The van der Waals surface area contributed by atoms with Crippen LogP contribution in [0.1, 0.15) is 5.56 Å². The summed E-state index contributed by atoms with van der Waals surface area (Å²) in [7, 11) is 0. The monoisotopic (exact) mass is 232 g/mol. The number of hydrogen-bond acceptors (Lipinski definition) is 4. The van der Waals surface area contributed by atoms with Crippen molar-refractivity contribution in [2.24, 2.45) is 4.99 Å². The first kappa shape index (κ1) is 9.72. The molecule has 2 N–H and O–H groups in total. The van der Waals surface area contributed by atoms with Crippen molar-refractivity contribution in [3.8, 4) is 0 Å². The molecule has 1 aliphatic rings. The van der Waals surface area contributed by atoms with Crippen LogP contribution in [0.3, 0.4) is 0 Å². The number of amidine groups is 1.